The topological polar surface area (TPSA) is 81.7 Å². The van der Waals surface area contributed by atoms with Crippen LogP contribution in [0, 0.1) is 0 Å². The average molecular weight is 392 g/mol. The van der Waals surface area contributed by atoms with Gasteiger partial charge in [-0.3, -0.25) is 9.59 Å². The third-order valence-electron chi connectivity index (χ3n) is 4.51. The Bertz CT molecular complexity index is 772. The molecular formula is C20H26ClN3O3. The number of carbonyl (C=O) groups excluding carboxylic acids is 2. The van der Waals surface area contributed by atoms with Crippen molar-refractivity contribution in [2.75, 3.05) is 13.1 Å². The Kier molecular flexibility index (Phi) is 6.91. The molecule has 7 heteroatoms. The first kappa shape index (κ1) is 20.8. The minimum Gasteiger partial charge on any atom is -0.508 e. The van der Waals surface area contributed by atoms with Gasteiger partial charge in [-0.25, -0.2) is 0 Å². The van der Waals surface area contributed by atoms with Crippen molar-refractivity contribution in [3.8, 4) is 5.75 Å². The van der Waals surface area contributed by atoms with Crippen LogP contribution in [-0.2, 0) is 16.0 Å². The Labute approximate surface area is 164 Å². The van der Waals surface area contributed by atoms with Gasteiger partial charge in [0.1, 0.15) is 5.75 Å². The van der Waals surface area contributed by atoms with Gasteiger partial charge in [-0.2, -0.15) is 0 Å². The predicted molar refractivity (Wildman–Crippen MR) is 106 cm³/mol. The highest BCUT2D eigenvalue weighted by molar-refractivity contribution is 6.30. The summed E-state index contributed by atoms with van der Waals surface area (Å²) >= 11 is 5.91. The summed E-state index contributed by atoms with van der Waals surface area (Å²) in [5, 5.41) is 16.0. The van der Waals surface area contributed by atoms with E-state index < -0.39 is 0 Å². The second-order valence-electron chi connectivity index (χ2n) is 7.17. The third-order valence-corrected chi connectivity index (χ3v) is 4.74. The molecule has 27 heavy (non-hydrogen) atoms. The van der Waals surface area contributed by atoms with Gasteiger partial charge in [-0.05, 0) is 50.6 Å². The molecule has 0 unspecified atom stereocenters. The zero-order valence-electron chi connectivity index (χ0n) is 15.9. The monoisotopic (exact) mass is 391 g/mol. The van der Waals surface area contributed by atoms with Crippen LogP contribution < -0.4 is 10.6 Å². The number of hydrogen-bond donors (Lipinski definition) is 3. The number of halogens is 1. The van der Waals surface area contributed by atoms with E-state index in [2.05, 4.69) is 29.4 Å². The molecule has 146 valence electrons. The van der Waals surface area contributed by atoms with Crippen LogP contribution in [0.1, 0.15) is 32.8 Å². The molecule has 3 N–H and O–H groups in total. The maximum Gasteiger partial charge on any atom is 0.228 e. The average Bonchev–Trinajstić information content (AvgIpc) is 2.58. The number of amides is 2. The first-order chi connectivity index (χ1) is 12.7. The van der Waals surface area contributed by atoms with Crippen LogP contribution >= 0.6 is 11.6 Å². The molecule has 1 aliphatic heterocycles. The van der Waals surface area contributed by atoms with Gasteiger partial charge < -0.3 is 20.6 Å². The number of rotatable bonds is 7. The van der Waals surface area contributed by atoms with E-state index in [0.717, 1.165) is 12.1 Å². The number of phenols is 1. The zero-order valence-corrected chi connectivity index (χ0v) is 16.6. The number of nitrogens with zero attached hydrogens (tertiary/aromatic N) is 1. The van der Waals surface area contributed by atoms with E-state index in [1.807, 2.05) is 18.4 Å². The summed E-state index contributed by atoms with van der Waals surface area (Å²) in [6, 6.07) is 4.64. The van der Waals surface area contributed by atoms with E-state index in [0.29, 0.717) is 23.7 Å². The summed E-state index contributed by atoms with van der Waals surface area (Å²) < 4.78 is 0. The fourth-order valence-corrected chi connectivity index (χ4v) is 2.99. The molecule has 1 heterocycles. The Morgan fingerprint density at radius 3 is 2.70 bits per heavy atom. The van der Waals surface area contributed by atoms with E-state index in [4.69, 9.17) is 11.6 Å². The van der Waals surface area contributed by atoms with Crippen molar-refractivity contribution in [3.05, 3.63) is 52.8 Å². The summed E-state index contributed by atoms with van der Waals surface area (Å²) in [4.78, 5) is 25.4. The van der Waals surface area contributed by atoms with Crippen molar-refractivity contribution < 1.29 is 14.7 Å². The lowest BCUT2D eigenvalue weighted by Gasteiger charge is -2.39. The molecular weight excluding hydrogens is 366 g/mol. The Balaban J connectivity index is 1.88. The highest BCUT2D eigenvalue weighted by Gasteiger charge is 2.24. The Morgan fingerprint density at radius 1 is 1.33 bits per heavy atom. The molecule has 0 spiro atoms. The fourth-order valence-electron chi connectivity index (χ4n) is 2.80. The SMILES string of the molecule is CC(=O)NCCC(C)(C)N1C=CC(NC(=O)Cc2cc(Cl)ccc2O)=CC1. The molecule has 6 nitrogen and oxygen atoms in total. The van der Waals surface area contributed by atoms with Gasteiger partial charge in [-0.1, -0.05) is 11.6 Å². The van der Waals surface area contributed by atoms with E-state index in [1.165, 1.54) is 13.0 Å². The van der Waals surface area contributed by atoms with Crippen LogP contribution in [0.2, 0.25) is 5.02 Å². The molecule has 0 saturated carbocycles. The van der Waals surface area contributed by atoms with Gasteiger partial charge >= 0.3 is 0 Å². The first-order valence-corrected chi connectivity index (χ1v) is 9.22. The van der Waals surface area contributed by atoms with Crippen molar-refractivity contribution in [1.82, 2.24) is 15.5 Å². The van der Waals surface area contributed by atoms with Crippen molar-refractivity contribution in [1.29, 1.82) is 0 Å². The van der Waals surface area contributed by atoms with Crippen LogP contribution in [0.25, 0.3) is 0 Å². The standard InChI is InChI=1S/C20H26ClN3O3/c1-14(25)22-9-8-20(2,3)24-10-6-17(7-11-24)23-19(27)13-15-12-16(21)4-5-18(15)26/h4-7,10,12,26H,8-9,11,13H2,1-3H3,(H,22,25)(H,23,27). The molecule has 1 aromatic rings. The predicted octanol–water partition coefficient (Wildman–Crippen LogP) is 2.72. The number of phenolic OH excluding ortho intramolecular Hbond substituents is 1. The molecule has 0 atom stereocenters. The molecule has 2 rings (SSSR count). The second-order valence-corrected chi connectivity index (χ2v) is 7.61. The van der Waals surface area contributed by atoms with Gasteiger partial charge in [0.15, 0.2) is 0 Å². The smallest absolute Gasteiger partial charge is 0.228 e. The molecule has 0 aliphatic carbocycles. The number of nitrogens with one attached hydrogen (secondary N) is 2. The minimum absolute atomic E-state index is 0.0318. The lowest BCUT2D eigenvalue weighted by Crippen LogP contribution is -2.44. The van der Waals surface area contributed by atoms with Gasteiger partial charge in [0.2, 0.25) is 11.8 Å². The highest BCUT2D eigenvalue weighted by atomic mass is 35.5. The number of benzene rings is 1. The van der Waals surface area contributed by atoms with E-state index >= 15 is 0 Å². The van der Waals surface area contributed by atoms with Gasteiger partial charge in [0.05, 0.1) is 6.42 Å². The van der Waals surface area contributed by atoms with Crippen LogP contribution in [0.15, 0.2) is 42.2 Å². The molecule has 0 fully saturated rings. The van der Waals surface area contributed by atoms with Gasteiger partial charge in [0.25, 0.3) is 0 Å². The van der Waals surface area contributed by atoms with E-state index in [1.54, 1.807) is 12.1 Å². The van der Waals surface area contributed by atoms with Crippen LogP contribution in [-0.4, -0.2) is 40.4 Å². The summed E-state index contributed by atoms with van der Waals surface area (Å²) in [5.74, 6) is -0.202. The molecule has 1 aromatic carbocycles. The normalized spacial score (nSPS) is 13.9. The summed E-state index contributed by atoms with van der Waals surface area (Å²) in [6.07, 6.45) is 6.58. The summed E-state index contributed by atoms with van der Waals surface area (Å²) in [5.41, 5.74) is 1.08. The van der Waals surface area contributed by atoms with Crippen molar-refractivity contribution >= 4 is 23.4 Å². The van der Waals surface area contributed by atoms with Crippen LogP contribution in [0.5, 0.6) is 5.75 Å². The second kappa shape index (κ2) is 8.95. The maximum atomic E-state index is 12.2. The Hall–Kier alpha value is -2.47. The van der Waals surface area contributed by atoms with Crippen molar-refractivity contribution in [3.63, 3.8) is 0 Å². The minimum atomic E-state index is -0.221. The lowest BCUT2D eigenvalue weighted by atomic mass is 9.97. The Morgan fingerprint density at radius 2 is 2.07 bits per heavy atom. The lowest BCUT2D eigenvalue weighted by molar-refractivity contribution is -0.120. The summed E-state index contributed by atoms with van der Waals surface area (Å²) in [7, 11) is 0. The van der Waals surface area contributed by atoms with E-state index in [9.17, 15) is 14.7 Å². The quantitative estimate of drug-likeness (QED) is 0.667. The van der Waals surface area contributed by atoms with Gasteiger partial charge in [0, 0.05) is 48.0 Å². The van der Waals surface area contributed by atoms with Crippen LogP contribution in [0.4, 0.5) is 0 Å². The molecule has 0 radical (unpaired) electrons. The molecule has 1 aliphatic rings. The largest absolute Gasteiger partial charge is 0.508 e. The first-order valence-electron chi connectivity index (χ1n) is 8.84. The molecule has 0 bridgehead atoms. The molecule has 0 saturated heterocycles. The highest BCUT2D eigenvalue weighted by Crippen LogP contribution is 2.23. The van der Waals surface area contributed by atoms with Crippen molar-refractivity contribution in [2.24, 2.45) is 0 Å². The molecule has 0 aromatic heterocycles. The van der Waals surface area contributed by atoms with Gasteiger partial charge in [-0.15, -0.1) is 0 Å². The number of hydrogen-bond acceptors (Lipinski definition) is 4. The number of carbonyl (C=O) groups is 2. The fraction of sp³-hybridized carbons (Fsp3) is 0.400. The number of allylic oxidation sites excluding steroid dienone is 1. The maximum absolute atomic E-state index is 12.2. The number of aromatic hydroxyl groups is 1. The zero-order chi connectivity index (χ0) is 20.0. The van der Waals surface area contributed by atoms with E-state index in [-0.39, 0.29) is 29.5 Å². The third kappa shape index (κ3) is 6.32. The van der Waals surface area contributed by atoms with Crippen LogP contribution in [0.3, 0.4) is 0 Å². The summed E-state index contributed by atoms with van der Waals surface area (Å²) in [6.45, 7) is 7.00. The molecule has 2 amide bonds. The van der Waals surface area contributed by atoms with Crippen molar-refractivity contribution in [2.45, 2.75) is 39.2 Å².